The molecule has 0 aromatic heterocycles. The van der Waals surface area contributed by atoms with Crippen molar-refractivity contribution in [1.82, 2.24) is 5.32 Å². The highest BCUT2D eigenvalue weighted by Gasteiger charge is 2.39. The highest BCUT2D eigenvalue weighted by atomic mass is 16.5. The molecule has 2 aromatic rings. The Morgan fingerprint density at radius 3 is 2.48 bits per heavy atom. The molecule has 1 N–H and O–H groups in total. The number of ether oxygens (including phenoxy) is 1. The van der Waals surface area contributed by atoms with Crippen molar-refractivity contribution in [3.05, 3.63) is 60.2 Å². The summed E-state index contributed by atoms with van der Waals surface area (Å²) in [6.07, 6.45) is 2.08. The summed E-state index contributed by atoms with van der Waals surface area (Å²) in [6, 6.07) is 16.7. The Morgan fingerprint density at radius 1 is 1.08 bits per heavy atom. The molecule has 1 heterocycles. The third-order valence-electron chi connectivity index (χ3n) is 4.35. The van der Waals surface area contributed by atoms with Crippen molar-refractivity contribution in [3.8, 4) is 5.75 Å². The summed E-state index contributed by atoms with van der Waals surface area (Å²) in [5.41, 5.74) is 1.86. The van der Waals surface area contributed by atoms with Gasteiger partial charge in [0.1, 0.15) is 5.75 Å². The van der Waals surface area contributed by atoms with E-state index in [0.29, 0.717) is 18.0 Å². The molecule has 1 fully saturated rings. The van der Waals surface area contributed by atoms with E-state index in [1.807, 2.05) is 18.2 Å². The number of nitrogens with one attached hydrogen (secondary N) is 1. The quantitative estimate of drug-likeness (QED) is 0.623. The van der Waals surface area contributed by atoms with Crippen LogP contribution in [0.1, 0.15) is 18.4 Å². The minimum atomic E-state index is -0.439. The Labute approximate surface area is 147 Å². The van der Waals surface area contributed by atoms with E-state index < -0.39 is 6.04 Å². The summed E-state index contributed by atoms with van der Waals surface area (Å²) in [4.78, 5) is 26.0. The number of hydrogen-bond donors (Lipinski definition) is 1. The summed E-state index contributed by atoms with van der Waals surface area (Å²) in [6.45, 7) is 0.703. The van der Waals surface area contributed by atoms with Crippen molar-refractivity contribution in [2.24, 2.45) is 0 Å². The number of carbonyl (C=O) groups excluding carboxylic acids is 2. The fraction of sp³-hybridized carbons (Fsp3) is 0.300. The van der Waals surface area contributed by atoms with E-state index in [1.54, 1.807) is 31.4 Å². The van der Waals surface area contributed by atoms with Crippen molar-refractivity contribution in [2.45, 2.75) is 25.3 Å². The minimum Gasteiger partial charge on any atom is -0.497 e. The second kappa shape index (κ2) is 7.94. The predicted octanol–water partition coefficient (Wildman–Crippen LogP) is 2.55. The topological polar surface area (TPSA) is 58.6 Å². The maximum atomic E-state index is 12.5. The Morgan fingerprint density at radius 2 is 1.80 bits per heavy atom. The number of amides is 2. The van der Waals surface area contributed by atoms with Gasteiger partial charge in [0.2, 0.25) is 5.91 Å². The second-order valence-corrected chi connectivity index (χ2v) is 6.07. The van der Waals surface area contributed by atoms with Gasteiger partial charge in [-0.25, -0.2) is 4.90 Å². The molecule has 1 atom stereocenters. The normalized spacial score (nSPS) is 17.2. The van der Waals surface area contributed by atoms with E-state index in [-0.39, 0.29) is 18.2 Å². The smallest absolute Gasteiger partial charge is 0.251 e. The van der Waals surface area contributed by atoms with Crippen LogP contribution >= 0.6 is 0 Å². The Balaban J connectivity index is 1.53. The van der Waals surface area contributed by atoms with Gasteiger partial charge < -0.3 is 10.1 Å². The van der Waals surface area contributed by atoms with Gasteiger partial charge >= 0.3 is 0 Å². The van der Waals surface area contributed by atoms with Gasteiger partial charge in [0, 0.05) is 0 Å². The van der Waals surface area contributed by atoms with Gasteiger partial charge in [-0.15, -0.1) is 0 Å². The predicted molar refractivity (Wildman–Crippen MR) is 96.7 cm³/mol. The minimum absolute atomic E-state index is 0.171. The molecule has 1 saturated heterocycles. The fourth-order valence-electron chi connectivity index (χ4n) is 3.01. The lowest BCUT2D eigenvalue weighted by atomic mass is 10.1. The molecular weight excluding hydrogens is 316 g/mol. The van der Waals surface area contributed by atoms with Crippen molar-refractivity contribution in [1.29, 1.82) is 0 Å². The molecule has 0 bridgehead atoms. The van der Waals surface area contributed by atoms with Crippen molar-refractivity contribution in [3.63, 3.8) is 0 Å². The number of rotatable bonds is 7. The van der Waals surface area contributed by atoms with Gasteiger partial charge in [0.25, 0.3) is 5.91 Å². The van der Waals surface area contributed by atoms with Crippen molar-refractivity contribution < 1.29 is 14.3 Å². The molecule has 5 heteroatoms. The lowest BCUT2D eigenvalue weighted by molar-refractivity contribution is -0.121. The van der Waals surface area contributed by atoms with Gasteiger partial charge in [0.15, 0.2) is 0 Å². The van der Waals surface area contributed by atoms with E-state index in [9.17, 15) is 9.59 Å². The van der Waals surface area contributed by atoms with Gasteiger partial charge in [-0.05, 0) is 49.2 Å². The zero-order valence-corrected chi connectivity index (χ0v) is 14.3. The molecule has 2 aromatic carbocycles. The molecule has 0 radical (unpaired) electrons. The van der Waals surface area contributed by atoms with E-state index in [0.717, 1.165) is 12.8 Å². The van der Waals surface area contributed by atoms with Gasteiger partial charge in [-0.2, -0.15) is 0 Å². The fourth-order valence-corrected chi connectivity index (χ4v) is 3.01. The van der Waals surface area contributed by atoms with Crippen LogP contribution in [0.5, 0.6) is 5.75 Å². The number of nitrogens with zero attached hydrogens (tertiary/aromatic N) is 1. The molecule has 0 unspecified atom stereocenters. The van der Waals surface area contributed by atoms with Crippen LogP contribution in [0.3, 0.4) is 0 Å². The number of anilines is 1. The van der Waals surface area contributed by atoms with Crippen LogP contribution in [-0.2, 0) is 16.0 Å². The Kier molecular flexibility index (Phi) is 5.46. The van der Waals surface area contributed by atoms with Crippen molar-refractivity contribution >= 4 is 17.5 Å². The number of hydrogen-bond acceptors (Lipinski definition) is 4. The molecule has 1 aliphatic heterocycles. The highest BCUT2D eigenvalue weighted by molar-refractivity contribution is 6.22. The largest absolute Gasteiger partial charge is 0.497 e. The van der Waals surface area contributed by atoms with Crippen LogP contribution < -0.4 is 15.0 Å². The molecular formula is C20H22N2O3. The molecule has 130 valence electrons. The summed E-state index contributed by atoms with van der Waals surface area (Å²) < 4.78 is 5.11. The molecule has 25 heavy (non-hydrogen) atoms. The molecule has 5 nitrogen and oxygen atoms in total. The molecule has 0 saturated carbocycles. The highest BCUT2D eigenvalue weighted by Crippen LogP contribution is 2.25. The van der Waals surface area contributed by atoms with Crippen LogP contribution in [0, 0.1) is 0 Å². The zero-order chi connectivity index (χ0) is 17.6. The molecule has 0 spiro atoms. The van der Waals surface area contributed by atoms with Crippen LogP contribution in [-0.4, -0.2) is 31.5 Å². The SMILES string of the molecule is COc1ccc(N2C(=O)C[C@@H](NCCCc3ccccc3)C2=O)cc1. The number of methoxy groups -OCH3 is 1. The van der Waals surface area contributed by atoms with Crippen LogP contribution in [0.2, 0.25) is 0 Å². The van der Waals surface area contributed by atoms with Crippen LogP contribution in [0.4, 0.5) is 5.69 Å². The van der Waals surface area contributed by atoms with Crippen LogP contribution in [0.25, 0.3) is 0 Å². The van der Waals surface area contributed by atoms with E-state index in [1.165, 1.54) is 10.5 Å². The first-order chi connectivity index (χ1) is 12.2. The monoisotopic (exact) mass is 338 g/mol. The lowest BCUT2D eigenvalue weighted by Crippen LogP contribution is -2.39. The summed E-state index contributed by atoms with van der Waals surface area (Å²) in [5.74, 6) is 0.337. The maximum absolute atomic E-state index is 12.5. The van der Waals surface area contributed by atoms with Crippen LogP contribution in [0.15, 0.2) is 54.6 Å². The summed E-state index contributed by atoms with van der Waals surface area (Å²) in [5, 5.41) is 3.22. The Bertz CT molecular complexity index is 728. The van der Waals surface area contributed by atoms with E-state index in [4.69, 9.17) is 4.74 Å². The molecule has 3 rings (SSSR count). The number of aryl methyl sites for hydroxylation is 1. The van der Waals surface area contributed by atoms with E-state index in [2.05, 4.69) is 17.4 Å². The second-order valence-electron chi connectivity index (χ2n) is 6.07. The van der Waals surface area contributed by atoms with Gasteiger partial charge in [-0.1, -0.05) is 30.3 Å². The lowest BCUT2D eigenvalue weighted by Gasteiger charge is -2.16. The van der Waals surface area contributed by atoms with Gasteiger partial charge in [-0.3, -0.25) is 9.59 Å². The average molecular weight is 338 g/mol. The molecule has 2 amide bonds. The van der Waals surface area contributed by atoms with Gasteiger partial charge in [0.05, 0.1) is 25.3 Å². The number of imide groups is 1. The Hall–Kier alpha value is -2.66. The third kappa shape index (κ3) is 4.06. The van der Waals surface area contributed by atoms with Crippen molar-refractivity contribution in [2.75, 3.05) is 18.6 Å². The third-order valence-corrected chi connectivity index (χ3v) is 4.35. The van der Waals surface area contributed by atoms with E-state index >= 15 is 0 Å². The average Bonchev–Trinajstić information content (AvgIpc) is 2.93. The number of carbonyl (C=O) groups is 2. The molecule has 1 aliphatic rings. The first-order valence-corrected chi connectivity index (χ1v) is 8.47. The first kappa shape index (κ1) is 17.2. The summed E-state index contributed by atoms with van der Waals surface area (Å²) in [7, 11) is 1.58. The summed E-state index contributed by atoms with van der Waals surface area (Å²) >= 11 is 0. The standard InChI is InChI=1S/C20H22N2O3/c1-25-17-11-9-16(10-12-17)22-19(23)14-18(20(22)24)21-13-5-8-15-6-3-2-4-7-15/h2-4,6-7,9-12,18,21H,5,8,13-14H2,1H3/t18-/m1/s1. The molecule has 0 aliphatic carbocycles. The number of benzene rings is 2. The zero-order valence-electron chi connectivity index (χ0n) is 14.3. The maximum Gasteiger partial charge on any atom is 0.251 e. The first-order valence-electron chi connectivity index (χ1n) is 8.47.